The van der Waals surface area contributed by atoms with Gasteiger partial charge >= 0.3 is 0 Å². The van der Waals surface area contributed by atoms with Crippen LogP contribution in [0.5, 0.6) is 0 Å². The van der Waals surface area contributed by atoms with Crippen molar-refractivity contribution in [3.63, 3.8) is 0 Å². The highest BCUT2D eigenvalue weighted by molar-refractivity contribution is 6.66. The van der Waals surface area contributed by atoms with Crippen molar-refractivity contribution in [1.82, 2.24) is 40.5 Å². The van der Waals surface area contributed by atoms with E-state index in [9.17, 15) is 19.2 Å². The van der Waals surface area contributed by atoms with Gasteiger partial charge in [0.1, 0.15) is 0 Å². The van der Waals surface area contributed by atoms with Crippen molar-refractivity contribution in [1.29, 1.82) is 0 Å². The summed E-state index contributed by atoms with van der Waals surface area (Å²) in [6.45, 7) is 6.51. The molecule has 4 heterocycles. The Morgan fingerprint density at radius 1 is 0.600 bits per heavy atom. The summed E-state index contributed by atoms with van der Waals surface area (Å²) in [7, 11) is 0. The van der Waals surface area contributed by atoms with Crippen molar-refractivity contribution in [3.05, 3.63) is 168 Å². The summed E-state index contributed by atoms with van der Waals surface area (Å²) in [6.07, 6.45) is 16.7. The Morgan fingerprint density at radius 3 is 1.47 bits per heavy atom. The third kappa shape index (κ3) is 14.2. The lowest BCUT2D eigenvalue weighted by Gasteiger charge is -2.30. The first-order chi connectivity index (χ1) is 36.3. The smallest absolute Gasteiger partial charge is 0.251 e. The number of anilines is 4. The number of H-pyrrole nitrogens is 2. The quantitative estimate of drug-likeness (QED) is 0.0307. The highest BCUT2D eigenvalue weighted by atomic mass is 35.5. The van der Waals surface area contributed by atoms with Crippen molar-refractivity contribution in [2.24, 2.45) is 0 Å². The number of hydrogen-bond acceptors (Lipinski definition) is 11. The van der Waals surface area contributed by atoms with Crippen LogP contribution in [0, 0.1) is 0 Å². The zero-order valence-corrected chi connectivity index (χ0v) is 43.0. The van der Waals surface area contributed by atoms with Crippen LogP contribution in [0.2, 0.25) is 10.0 Å². The van der Waals surface area contributed by atoms with Gasteiger partial charge in [0.25, 0.3) is 11.8 Å². The van der Waals surface area contributed by atoms with Crippen LogP contribution in [-0.2, 0) is 9.59 Å². The van der Waals surface area contributed by atoms with Gasteiger partial charge in [0.15, 0.2) is 0 Å². The van der Waals surface area contributed by atoms with Crippen molar-refractivity contribution in [3.8, 4) is 22.5 Å². The van der Waals surface area contributed by atoms with Gasteiger partial charge in [0.05, 0.1) is 33.8 Å². The van der Waals surface area contributed by atoms with E-state index in [4.69, 9.17) is 50.5 Å². The highest BCUT2D eigenvalue weighted by Gasteiger charge is 2.27. The van der Waals surface area contributed by atoms with Crippen LogP contribution in [0.1, 0.15) is 72.1 Å². The van der Waals surface area contributed by atoms with Gasteiger partial charge in [-0.3, -0.25) is 19.2 Å². The first-order valence-electron chi connectivity index (χ1n) is 24.4. The second-order valence-corrected chi connectivity index (χ2v) is 19.2. The summed E-state index contributed by atoms with van der Waals surface area (Å²) in [4.78, 5) is 71.1. The standard InChI is InChI=1S/C28H27ClN6O2.C25H25ClN6O.C3H3ClO/c1-2-25(36)32-18-12-10-17(11-13-18)27(37)33-19-6-5-7-20(14-19)34-28-31-16-23(29)26(35-28)22-15-30-24-9-4-3-8-21(22)24;26-21-14-29-25(32-23(21)20-13-28-22-7-2-1-6-19(20)22)31-18-5-3-4-17(12-18)30-24(33)15-8-10-16(27)11-9-15;1-2-3(4)5/h2-4,8-13,15-16,19-20,30H,1,5-7,14H2,(H,32,36)(H,33,37)(H,31,34,35);1-2,6-11,13-14,17-18,28H,3-5,12,27H2,(H,30,33)(H,29,31,32);2H,1H2/t19-,20+;17-,18+;/m00./s1. The van der Waals surface area contributed by atoms with Gasteiger partial charge in [-0.15, -0.1) is 0 Å². The molecule has 2 aliphatic carbocycles. The van der Waals surface area contributed by atoms with Crippen molar-refractivity contribution in [2.75, 3.05) is 21.7 Å². The molecule has 19 heteroatoms. The van der Waals surface area contributed by atoms with E-state index in [1.165, 1.54) is 6.08 Å². The van der Waals surface area contributed by atoms with Crippen molar-refractivity contribution >= 4 is 103 Å². The lowest BCUT2D eigenvalue weighted by Crippen LogP contribution is -2.42. The van der Waals surface area contributed by atoms with Gasteiger partial charge in [0, 0.05) is 92.0 Å². The maximum absolute atomic E-state index is 12.8. The van der Waals surface area contributed by atoms with Crippen LogP contribution in [0.25, 0.3) is 44.3 Å². The van der Waals surface area contributed by atoms with E-state index < -0.39 is 5.24 Å². The number of aromatic amines is 2. The molecule has 4 atom stereocenters. The number of amides is 3. The molecular weight excluding hydrogens is 1010 g/mol. The van der Waals surface area contributed by atoms with Crippen LogP contribution >= 0.6 is 34.8 Å². The fourth-order valence-corrected chi connectivity index (χ4v) is 9.51. The summed E-state index contributed by atoms with van der Waals surface area (Å²) in [5.41, 5.74) is 13.4. The Balaban J connectivity index is 0.000000184. The molecule has 0 saturated heterocycles. The number of nitrogen functional groups attached to an aromatic ring is 1. The van der Waals surface area contributed by atoms with E-state index in [0.29, 0.717) is 55.8 Å². The van der Waals surface area contributed by atoms with E-state index in [1.807, 2.05) is 60.9 Å². The average Bonchev–Trinajstić information content (AvgIpc) is 4.07. The molecule has 2 saturated carbocycles. The molecule has 75 heavy (non-hydrogen) atoms. The number of benzene rings is 4. The number of rotatable bonds is 13. The number of nitrogens with zero attached hydrogens (tertiary/aromatic N) is 4. The van der Waals surface area contributed by atoms with Gasteiger partial charge in [-0.2, -0.15) is 0 Å². The number of para-hydroxylation sites is 2. The number of fused-ring (bicyclic) bond motifs is 2. The maximum atomic E-state index is 12.8. The van der Waals surface area contributed by atoms with Crippen LogP contribution in [0.4, 0.5) is 23.3 Å². The number of carbonyl (C=O) groups excluding carboxylic acids is 4. The molecule has 16 nitrogen and oxygen atoms in total. The molecule has 4 aromatic carbocycles. The molecule has 2 aliphatic rings. The maximum Gasteiger partial charge on any atom is 0.251 e. The zero-order valence-electron chi connectivity index (χ0n) is 40.7. The molecule has 0 bridgehead atoms. The lowest BCUT2D eigenvalue weighted by atomic mass is 9.91. The first-order valence-corrected chi connectivity index (χ1v) is 25.5. The minimum atomic E-state index is -0.509. The monoisotopic (exact) mass is 1060 g/mol. The predicted octanol–water partition coefficient (Wildman–Crippen LogP) is 11.5. The van der Waals surface area contributed by atoms with Crippen molar-refractivity contribution in [2.45, 2.75) is 75.5 Å². The predicted molar refractivity (Wildman–Crippen MR) is 300 cm³/mol. The van der Waals surface area contributed by atoms with E-state index in [-0.39, 0.29) is 41.9 Å². The Kier molecular flexibility index (Phi) is 17.9. The molecule has 384 valence electrons. The van der Waals surface area contributed by atoms with Gasteiger partial charge < -0.3 is 42.3 Å². The summed E-state index contributed by atoms with van der Waals surface area (Å²) < 4.78 is 0. The summed E-state index contributed by atoms with van der Waals surface area (Å²) >= 11 is 17.6. The third-order valence-electron chi connectivity index (χ3n) is 12.8. The molecule has 10 rings (SSSR count). The highest BCUT2D eigenvalue weighted by Crippen LogP contribution is 2.35. The second-order valence-electron chi connectivity index (χ2n) is 18.0. The average molecular weight is 1070 g/mol. The molecule has 4 aromatic heterocycles. The fraction of sp³-hybridized carbons (Fsp3) is 0.214. The van der Waals surface area contributed by atoms with Crippen molar-refractivity contribution < 1.29 is 19.2 Å². The molecule has 0 unspecified atom stereocenters. The van der Waals surface area contributed by atoms with Crippen LogP contribution < -0.4 is 32.3 Å². The summed E-state index contributed by atoms with van der Waals surface area (Å²) in [6, 6.07) is 30.2. The molecule has 9 N–H and O–H groups in total. The van der Waals surface area contributed by atoms with Gasteiger partial charge in [-0.25, -0.2) is 19.9 Å². The summed E-state index contributed by atoms with van der Waals surface area (Å²) in [5, 5.41) is 18.4. The van der Waals surface area contributed by atoms with E-state index >= 15 is 0 Å². The molecule has 0 aliphatic heterocycles. The number of carbonyl (C=O) groups is 4. The number of hydrogen-bond donors (Lipinski definition) is 8. The van der Waals surface area contributed by atoms with Gasteiger partial charge in [-0.05, 0) is 136 Å². The Morgan fingerprint density at radius 2 is 1.03 bits per heavy atom. The van der Waals surface area contributed by atoms with Crippen LogP contribution in [0.3, 0.4) is 0 Å². The topological polar surface area (TPSA) is 238 Å². The number of aromatic nitrogens is 6. The number of halogens is 3. The minimum Gasteiger partial charge on any atom is -0.399 e. The van der Waals surface area contributed by atoms with Crippen LogP contribution in [-0.4, -0.2) is 77.0 Å². The molecule has 2 fully saturated rings. The fourth-order valence-electron chi connectivity index (χ4n) is 9.13. The van der Waals surface area contributed by atoms with Gasteiger partial charge in [0.2, 0.25) is 23.0 Å². The van der Waals surface area contributed by atoms with Crippen LogP contribution in [0.15, 0.2) is 147 Å². The molecule has 0 spiro atoms. The number of allylic oxidation sites excluding steroid dienone is 1. The zero-order chi connectivity index (χ0) is 52.8. The van der Waals surface area contributed by atoms with E-state index in [1.54, 1.807) is 60.9 Å². The number of nitrogens with one attached hydrogen (secondary N) is 7. The third-order valence-corrected chi connectivity index (χ3v) is 13.5. The Hall–Kier alpha value is -8.05. The van der Waals surface area contributed by atoms with E-state index in [2.05, 4.69) is 59.7 Å². The SMILES string of the molecule is C=CC(=O)Cl.C=CC(=O)Nc1ccc(C(=O)N[C@H]2CCC[C@@H](Nc3ncc(Cl)c(-c4c[nH]c5ccccc45)n3)C2)cc1.Nc1ccc(C(=O)N[C@H]2CCC[C@@H](Nc3ncc(Cl)c(-c4c[nH]c5ccccc45)n3)C2)cc1. The minimum absolute atomic E-state index is 0.0271. The molecule has 8 aromatic rings. The largest absolute Gasteiger partial charge is 0.399 e. The lowest BCUT2D eigenvalue weighted by molar-refractivity contribution is -0.112. The van der Waals surface area contributed by atoms with Gasteiger partial charge in [-0.1, -0.05) is 72.8 Å². The molecular formula is C56H55Cl3N12O4. The Labute approximate surface area is 448 Å². The summed E-state index contributed by atoms with van der Waals surface area (Å²) in [5.74, 6) is 0.534. The Bertz CT molecular complexity index is 3330. The van der Waals surface area contributed by atoms with E-state index in [0.717, 1.165) is 90.4 Å². The normalized spacial score (nSPS) is 16.9. The molecule has 3 amide bonds. The number of nitrogens with two attached hydrogens (primary N) is 1. The first kappa shape index (κ1) is 53.2. The second kappa shape index (κ2) is 25.3. The molecule has 0 radical (unpaired) electrons.